The molecule has 0 saturated carbocycles. The molecule has 6 heteroatoms. The van der Waals surface area contributed by atoms with E-state index in [2.05, 4.69) is 10.5 Å². The Hall–Kier alpha value is -3.41. The molecule has 3 nitrogen and oxygen atoms in total. The Morgan fingerprint density at radius 1 is 0.815 bits per heavy atom. The molecule has 0 aliphatic heterocycles. The summed E-state index contributed by atoms with van der Waals surface area (Å²) in [5.74, 6) is -0.504. The third kappa shape index (κ3) is 4.61. The van der Waals surface area contributed by atoms with E-state index in [0.717, 1.165) is 23.4 Å². The molecule has 136 valence electrons. The van der Waals surface area contributed by atoms with E-state index < -0.39 is 17.6 Å². The lowest BCUT2D eigenvalue weighted by atomic mass is 10.0. The first-order valence-electron chi connectivity index (χ1n) is 8.10. The standard InChI is InChI=1S/C21H15F3N2O/c22-21(23,24)19-9-5-4-8-18(19)14-25-26-20(27)17-12-10-16(11-13-17)15-6-2-1-3-7-15/h1-14H,(H,26,27)/b25-14+. The molecule has 3 aromatic carbocycles. The van der Waals surface area contributed by atoms with Crippen molar-refractivity contribution in [2.45, 2.75) is 6.18 Å². The number of benzene rings is 3. The van der Waals surface area contributed by atoms with Gasteiger partial charge in [-0.25, -0.2) is 5.43 Å². The van der Waals surface area contributed by atoms with Crippen LogP contribution in [0.3, 0.4) is 0 Å². The van der Waals surface area contributed by atoms with Gasteiger partial charge >= 0.3 is 6.18 Å². The Morgan fingerprint density at radius 3 is 2.07 bits per heavy atom. The van der Waals surface area contributed by atoms with Gasteiger partial charge in [-0.05, 0) is 29.3 Å². The number of nitrogens with zero attached hydrogens (tertiary/aromatic N) is 1. The van der Waals surface area contributed by atoms with Crippen molar-refractivity contribution >= 4 is 12.1 Å². The number of hydrazone groups is 1. The second-order valence-corrected chi connectivity index (χ2v) is 5.73. The molecule has 0 radical (unpaired) electrons. The van der Waals surface area contributed by atoms with E-state index in [1.165, 1.54) is 18.2 Å². The van der Waals surface area contributed by atoms with Gasteiger partial charge in [-0.15, -0.1) is 0 Å². The number of nitrogens with one attached hydrogen (secondary N) is 1. The summed E-state index contributed by atoms with van der Waals surface area (Å²) in [5, 5.41) is 3.65. The molecule has 27 heavy (non-hydrogen) atoms. The van der Waals surface area contributed by atoms with Crippen molar-refractivity contribution in [3.8, 4) is 11.1 Å². The van der Waals surface area contributed by atoms with Crippen molar-refractivity contribution in [3.05, 3.63) is 95.6 Å². The zero-order valence-corrected chi connectivity index (χ0v) is 14.1. The number of halogens is 3. The Bertz CT molecular complexity index is 949. The van der Waals surface area contributed by atoms with E-state index in [9.17, 15) is 18.0 Å². The molecule has 0 aromatic heterocycles. The summed E-state index contributed by atoms with van der Waals surface area (Å²) in [6.07, 6.45) is -3.50. The summed E-state index contributed by atoms with van der Waals surface area (Å²) in [5.41, 5.74) is 3.65. The number of carbonyl (C=O) groups is 1. The van der Waals surface area contributed by atoms with Gasteiger partial charge in [0.25, 0.3) is 5.91 Å². The van der Waals surface area contributed by atoms with Crippen molar-refractivity contribution in [3.63, 3.8) is 0 Å². The molecular weight excluding hydrogens is 353 g/mol. The van der Waals surface area contributed by atoms with E-state index in [1.807, 2.05) is 30.3 Å². The maximum Gasteiger partial charge on any atom is 0.417 e. The minimum Gasteiger partial charge on any atom is -0.267 e. The molecule has 0 fully saturated rings. The number of rotatable bonds is 4. The van der Waals surface area contributed by atoms with Crippen LogP contribution in [0.5, 0.6) is 0 Å². The topological polar surface area (TPSA) is 41.5 Å². The summed E-state index contributed by atoms with van der Waals surface area (Å²) >= 11 is 0. The molecule has 1 amide bonds. The maximum atomic E-state index is 12.9. The van der Waals surface area contributed by atoms with Crippen molar-refractivity contribution < 1.29 is 18.0 Å². The van der Waals surface area contributed by atoms with Crippen LogP contribution >= 0.6 is 0 Å². The van der Waals surface area contributed by atoms with Gasteiger partial charge in [0.15, 0.2) is 0 Å². The van der Waals surface area contributed by atoms with Gasteiger partial charge < -0.3 is 0 Å². The van der Waals surface area contributed by atoms with Crippen LogP contribution in [0.1, 0.15) is 21.5 Å². The summed E-state index contributed by atoms with van der Waals surface area (Å²) in [7, 11) is 0. The lowest BCUT2D eigenvalue weighted by Crippen LogP contribution is -2.18. The fraction of sp³-hybridized carbons (Fsp3) is 0.0476. The molecule has 0 spiro atoms. The second-order valence-electron chi connectivity index (χ2n) is 5.73. The van der Waals surface area contributed by atoms with Gasteiger partial charge in [-0.2, -0.15) is 18.3 Å². The monoisotopic (exact) mass is 368 g/mol. The summed E-state index contributed by atoms with van der Waals surface area (Å²) in [4.78, 5) is 12.1. The number of alkyl halides is 3. The summed E-state index contributed by atoms with van der Waals surface area (Å²) in [6, 6.07) is 21.6. The summed E-state index contributed by atoms with van der Waals surface area (Å²) < 4.78 is 38.8. The van der Waals surface area contributed by atoms with Crippen molar-refractivity contribution in [1.82, 2.24) is 5.43 Å². The van der Waals surface area contributed by atoms with Crippen molar-refractivity contribution in [1.29, 1.82) is 0 Å². The highest BCUT2D eigenvalue weighted by atomic mass is 19.4. The highest BCUT2D eigenvalue weighted by molar-refractivity contribution is 5.95. The number of hydrogen-bond acceptors (Lipinski definition) is 2. The molecule has 0 bridgehead atoms. The molecular formula is C21H15F3N2O. The zero-order chi connectivity index (χ0) is 19.3. The molecule has 0 saturated heterocycles. The minimum absolute atomic E-state index is 0.121. The molecule has 0 unspecified atom stereocenters. The maximum absolute atomic E-state index is 12.9. The number of hydrogen-bond donors (Lipinski definition) is 1. The van der Waals surface area contributed by atoms with E-state index in [0.29, 0.717) is 5.56 Å². The highest BCUT2D eigenvalue weighted by Crippen LogP contribution is 2.31. The van der Waals surface area contributed by atoms with Gasteiger partial charge in [-0.1, -0.05) is 60.7 Å². The fourth-order valence-electron chi connectivity index (χ4n) is 2.54. The van der Waals surface area contributed by atoms with Gasteiger partial charge in [0.05, 0.1) is 11.8 Å². The first kappa shape index (κ1) is 18.4. The van der Waals surface area contributed by atoms with E-state index in [-0.39, 0.29) is 5.56 Å². The molecule has 3 aromatic rings. The molecule has 0 heterocycles. The Morgan fingerprint density at radius 2 is 1.41 bits per heavy atom. The van der Waals surface area contributed by atoms with E-state index >= 15 is 0 Å². The van der Waals surface area contributed by atoms with Crippen LogP contribution in [-0.4, -0.2) is 12.1 Å². The smallest absolute Gasteiger partial charge is 0.267 e. The fourth-order valence-corrected chi connectivity index (χ4v) is 2.54. The third-order valence-electron chi connectivity index (χ3n) is 3.89. The second kappa shape index (κ2) is 7.86. The molecule has 0 aliphatic rings. The van der Waals surface area contributed by atoms with Crippen LogP contribution in [0, 0.1) is 0 Å². The van der Waals surface area contributed by atoms with Crippen LogP contribution < -0.4 is 5.43 Å². The Kier molecular flexibility index (Phi) is 5.35. The predicted octanol–water partition coefficient (Wildman–Crippen LogP) is 5.14. The van der Waals surface area contributed by atoms with Gasteiger partial charge in [0, 0.05) is 11.1 Å². The average Bonchev–Trinajstić information content (AvgIpc) is 2.68. The third-order valence-corrected chi connectivity index (χ3v) is 3.89. The average molecular weight is 368 g/mol. The van der Waals surface area contributed by atoms with Crippen LogP contribution in [0.25, 0.3) is 11.1 Å². The van der Waals surface area contributed by atoms with Crippen LogP contribution in [-0.2, 0) is 6.18 Å². The quantitative estimate of drug-likeness (QED) is 0.503. The highest BCUT2D eigenvalue weighted by Gasteiger charge is 2.32. The summed E-state index contributed by atoms with van der Waals surface area (Å²) in [6.45, 7) is 0. The Balaban J connectivity index is 1.69. The van der Waals surface area contributed by atoms with Gasteiger partial charge in [0.1, 0.15) is 0 Å². The number of carbonyl (C=O) groups excluding carboxylic acids is 1. The first-order valence-corrected chi connectivity index (χ1v) is 8.10. The van der Waals surface area contributed by atoms with Crippen molar-refractivity contribution in [2.24, 2.45) is 5.10 Å². The van der Waals surface area contributed by atoms with Crippen LogP contribution in [0.2, 0.25) is 0 Å². The minimum atomic E-state index is -4.49. The SMILES string of the molecule is O=C(N/N=C/c1ccccc1C(F)(F)F)c1ccc(-c2ccccc2)cc1. The van der Waals surface area contributed by atoms with Gasteiger partial charge in [0.2, 0.25) is 0 Å². The lowest BCUT2D eigenvalue weighted by Gasteiger charge is -2.09. The zero-order valence-electron chi connectivity index (χ0n) is 14.1. The van der Waals surface area contributed by atoms with Crippen LogP contribution in [0.15, 0.2) is 84.0 Å². The van der Waals surface area contributed by atoms with E-state index in [4.69, 9.17) is 0 Å². The largest absolute Gasteiger partial charge is 0.417 e. The lowest BCUT2D eigenvalue weighted by molar-refractivity contribution is -0.137. The van der Waals surface area contributed by atoms with Crippen molar-refractivity contribution in [2.75, 3.05) is 0 Å². The van der Waals surface area contributed by atoms with E-state index in [1.54, 1.807) is 24.3 Å². The van der Waals surface area contributed by atoms with Crippen LogP contribution in [0.4, 0.5) is 13.2 Å². The Labute approximate surface area is 154 Å². The molecule has 0 atom stereocenters. The number of amides is 1. The normalized spacial score (nSPS) is 11.5. The van der Waals surface area contributed by atoms with Gasteiger partial charge in [-0.3, -0.25) is 4.79 Å². The predicted molar refractivity (Wildman–Crippen MR) is 98.4 cm³/mol. The molecule has 3 rings (SSSR count). The first-order chi connectivity index (χ1) is 12.9. The molecule has 1 N–H and O–H groups in total. The molecule has 0 aliphatic carbocycles.